The van der Waals surface area contributed by atoms with E-state index in [4.69, 9.17) is 5.73 Å². The van der Waals surface area contributed by atoms with Gasteiger partial charge in [0.05, 0.1) is 0 Å². The molecule has 17 heavy (non-hydrogen) atoms. The first kappa shape index (κ1) is 14.2. The maximum Gasteiger partial charge on any atom is 0.220 e. The second-order valence-corrected chi connectivity index (χ2v) is 5.46. The van der Waals surface area contributed by atoms with Gasteiger partial charge in [-0.2, -0.15) is 0 Å². The lowest BCUT2D eigenvalue weighted by Crippen LogP contribution is -2.49. The van der Waals surface area contributed by atoms with Crippen molar-refractivity contribution in [2.75, 3.05) is 6.54 Å². The van der Waals surface area contributed by atoms with Crippen LogP contribution in [0.2, 0.25) is 0 Å². The highest BCUT2D eigenvalue weighted by Gasteiger charge is 2.20. The predicted molar refractivity (Wildman–Crippen MR) is 73.2 cm³/mol. The molecular weight excluding hydrogens is 232 g/mol. The molecule has 0 atom stereocenters. The number of hydrogen-bond acceptors (Lipinski definition) is 3. The third-order valence-corrected chi connectivity index (χ3v) is 4.16. The largest absolute Gasteiger partial charge is 0.354 e. The highest BCUT2D eigenvalue weighted by molar-refractivity contribution is 7.09. The van der Waals surface area contributed by atoms with Crippen molar-refractivity contribution in [2.45, 2.75) is 45.1 Å². The van der Waals surface area contributed by atoms with Gasteiger partial charge in [0.15, 0.2) is 0 Å². The van der Waals surface area contributed by atoms with Crippen LogP contribution in [-0.2, 0) is 11.2 Å². The number of aryl methyl sites for hydroxylation is 1. The van der Waals surface area contributed by atoms with Gasteiger partial charge in [0.1, 0.15) is 0 Å². The summed E-state index contributed by atoms with van der Waals surface area (Å²) in [5, 5.41) is 4.96. The Labute approximate surface area is 107 Å². The van der Waals surface area contributed by atoms with Crippen LogP contribution in [-0.4, -0.2) is 18.0 Å². The Bertz CT molecular complexity index is 331. The van der Waals surface area contributed by atoms with Gasteiger partial charge in [-0.3, -0.25) is 4.79 Å². The van der Waals surface area contributed by atoms with Gasteiger partial charge in [0.2, 0.25) is 5.91 Å². The summed E-state index contributed by atoms with van der Waals surface area (Å²) in [5.74, 6) is 0.0927. The second-order valence-electron chi connectivity index (χ2n) is 4.43. The summed E-state index contributed by atoms with van der Waals surface area (Å²) in [4.78, 5) is 12.9. The molecule has 0 aliphatic carbocycles. The molecule has 1 rings (SSSR count). The Morgan fingerprint density at radius 3 is 2.71 bits per heavy atom. The van der Waals surface area contributed by atoms with Crippen LogP contribution in [0.4, 0.5) is 0 Å². The van der Waals surface area contributed by atoms with Crippen molar-refractivity contribution in [3.63, 3.8) is 0 Å². The monoisotopic (exact) mass is 254 g/mol. The zero-order chi connectivity index (χ0) is 12.7. The van der Waals surface area contributed by atoms with E-state index in [2.05, 4.69) is 25.2 Å². The zero-order valence-electron chi connectivity index (χ0n) is 10.7. The van der Waals surface area contributed by atoms with E-state index in [1.165, 1.54) is 4.88 Å². The van der Waals surface area contributed by atoms with Crippen molar-refractivity contribution in [3.8, 4) is 0 Å². The van der Waals surface area contributed by atoms with E-state index in [9.17, 15) is 4.79 Å². The van der Waals surface area contributed by atoms with Crippen LogP contribution in [0.15, 0.2) is 17.5 Å². The number of nitrogens with two attached hydrogens (primary N) is 1. The second kappa shape index (κ2) is 6.77. The molecule has 0 fully saturated rings. The summed E-state index contributed by atoms with van der Waals surface area (Å²) >= 11 is 1.69. The lowest BCUT2D eigenvalue weighted by atomic mass is 9.94. The van der Waals surface area contributed by atoms with Crippen LogP contribution >= 0.6 is 11.3 Å². The number of hydrogen-bond donors (Lipinski definition) is 2. The van der Waals surface area contributed by atoms with Crippen LogP contribution in [0, 0.1) is 0 Å². The molecule has 3 N–H and O–H groups in total. The van der Waals surface area contributed by atoms with E-state index in [-0.39, 0.29) is 11.4 Å². The number of rotatable bonds is 7. The van der Waals surface area contributed by atoms with Gasteiger partial charge in [0.25, 0.3) is 0 Å². The first-order valence-corrected chi connectivity index (χ1v) is 7.05. The minimum Gasteiger partial charge on any atom is -0.354 e. The average Bonchev–Trinajstić information content (AvgIpc) is 2.86. The SMILES string of the molecule is CCC(N)(CC)CNC(=O)CCc1cccs1. The Morgan fingerprint density at radius 2 is 2.18 bits per heavy atom. The fraction of sp³-hybridized carbons (Fsp3) is 0.615. The molecular formula is C13H22N2OS. The smallest absolute Gasteiger partial charge is 0.220 e. The molecule has 0 unspecified atom stereocenters. The number of nitrogens with one attached hydrogen (secondary N) is 1. The summed E-state index contributed by atoms with van der Waals surface area (Å²) in [6.07, 6.45) is 3.13. The van der Waals surface area contributed by atoms with Crippen LogP contribution < -0.4 is 11.1 Å². The first-order valence-electron chi connectivity index (χ1n) is 6.17. The van der Waals surface area contributed by atoms with Gasteiger partial charge in [-0.1, -0.05) is 19.9 Å². The molecule has 96 valence electrons. The lowest BCUT2D eigenvalue weighted by molar-refractivity contribution is -0.121. The van der Waals surface area contributed by atoms with Crippen molar-refractivity contribution in [2.24, 2.45) is 5.73 Å². The summed E-state index contributed by atoms with van der Waals surface area (Å²) in [6.45, 7) is 4.69. The molecule has 0 saturated heterocycles. The number of amides is 1. The van der Waals surface area contributed by atoms with E-state index < -0.39 is 0 Å². The van der Waals surface area contributed by atoms with Crippen LogP contribution in [0.5, 0.6) is 0 Å². The lowest BCUT2D eigenvalue weighted by Gasteiger charge is -2.26. The molecule has 1 amide bonds. The van der Waals surface area contributed by atoms with Crippen molar-refractivity contribution < 1.29 is 4.79 Å². The molecule has 1 aromatic rings. The van der Waals surface area contributed by atoms with E-state index in [0.29, 0.717) is 13.0 Å². The quantitative estimate of drug-likeness (QED) is 0.784. The minimum absolute atomic E-state index is 0.0927. The van der Waals surface area contributed by atoms with Crippen molar-refractivity contribution in [3.05, 3.63) is 22.4 Å². The molecule has 0 saturated carbocycles. The first-order chi connectivity index (χ1) is 8.09. The molecule has 1 aromatic heterocycles. The summed E-state index contributed by atoms with van der Waals surface area (Å²) in [7, 11) is 0. The Morgan fingerprint density at radius 1 is 1.47 bits per heavy atom. The third kappa shape index (κ3) is 4.88. The summed E-state index contributed by atoms with van der Waals surface area (Å²) < 4.78 is 0. The van der Waals surface area contributed by atoms with Crippen molar-refractivity contribution >= 4 is 17.2 Å². The van der Waals surface area contributed by atoms with Gasteiger partial charge in [-0.15, -0.1) is 11.3 Å². The van der Waals surface area contributed by atoms with E-state index in [0.717, 1.165) is 19.3 Å². The van der Waals surface area contributed by atoms with Gasteiger partial charge in [-0.25, -0.2) is 0 Å². The standard InChI is InChI=1S/C13H22N2OS/c1-3-13(14,4-2)10-15-12(16)8-7-11-6-5-9-17-11/h5-6,9H,3-4,7-8,10,14H2,1-2H3,(H,15,16). The molecule has 0 spiro atoms. The Kier molecular flexibility index (Phi) is 5.65. The fourth-order valence-electron chi connectivity index (χ4n) is 1.55. The van der Waals surface area contributed by atoms with E-state index in [1.54, 1.807) is 11.3 Å². The average molecular weight is 254 g/mol. The van der Waals surface area contributed by atoms with E-state index >= 15 is 0 Å². The third-order valence-electron chi connectivity index (χ3n) is 3.22. The topological polar surface area (TPSA) is 55.1 Å². The molecule has 0 aromatic carbocycles. The number of carbonyl (C=O) groups excluding carboxylic acids is 1. The fourth-order valence-corrected chi connectivity index (χ4v) is 2.26. The van der Waals surface area contributed by atoms with Crippen LogP contribution in [0.1, 0.15) is 38.0 Å². The summed E-state index contributed by atoms with van der Waals surface area (Å²) in [5.41, 5.74) is 5.87. The maximum absolute atomic E-state index is 11.7. The maximum atomic E-state index is 11.7. The highest BCUT2D eigenvalue weighted by atomic mass is 32.1. The van der Waals surface area contributed by atoms with Crippen molar-refractivity contribution in [1.29, 1.82) is 0 Å². The molecule has 3 nitrogen and oxygen atoms in total. The van der Waals surface area contributed by atoms with E-state index in [1.807, 2.05) is 11.4 Å². The van der Waals surface area contributed by atoms with Crippen molar-refractivity contribution in [1.82, 2.24) is 5.32 Å². The van der Waals surface area contributed by atoms with Gasteiger partial charge < -0.3 is 11.1 Å². The van der Waals surface area contributed by atoms with Crippen LogP contribution in [0.25, 0.3) is 0 Å². The zero-order valence-corrected chi connectivity index (χ0v) is 11.5. The molecule has 0 aliphatic rings. The number of thiophene rings is 1. The predicted octanol–water partition coefficient (Wildman–Crippen LogP) is 2.31. The summed E-state index contributed by atoms with van der Waals surface area (Å²) in [6, 6.07) is 4.07. The molecule has 4 heteroatoms. The normalized spacial score (nSPS) is 11.5. The molecule has 1 heterocycles. The van der Waals surface area contributed by atoms with Crippen LogP contribution in [0.3, 0.4) is 0 Å². The van der Waals surface area contributed by atoms with Gasteiger partial charge in [-0.05, 0) is 30.7 Å². The molecule has 0 radical (unpaired) electrons. The Balaban J connectivity index is 2.26. The number of carbonyl (C=O) groups is 1. The van der Waals surface area contributed by atoms with Gasteiger partial charge in [0, 0.05) is 23.4 Å². The molecule has 0 bridgehead atoms. The molecule has 0 aliphatic heterocycles. The van der Waals surface area contributed by atoms with Gasteiger partial charge >= 0.3 is 0 Å². The Hall–Kier alpha value is -0.870. The minimum atomic E-state index is -0.251. The highest BCUT2D eigenvalue weighted by Crippen LogP contribution is 2.12.